The molecular weight excluding hydrogens is 360 g/mol. The molecule has 8 heteroatoms. The van der Waals surface area contributed by atoms with E-state index in [9.17, 15) is 4.79 Å². The fourth-order valence-corrected chi connectivity index (χ4v) is 3.01. The van der Waals surface area contributed by atoms with Gasteiger partial charge in [0.2, 0.25) is 5.75 Å². The Morgan fingerprint density at radius 2 is 1.81 bits per heavy atom. The zero-order chi connectivity index (χ0) is 19.4. The first-order valence-corrected chi connectivity index (χ1v) is 8.38. The smallest absolute Gasteiger partial charge is 0.356 e. The first kappa shape index (κ1) is 19.9. The number of halogens is 1. The van der Waals surface area contributed by atoms with Crippen molar-refractivity contribution < 1.29 is 23.7 Å². The van der Waals surface area contributed by atoms with E-state index in [1.54, 1.807) is 26.0 Å². The lowest BCUT2D eigenvalue weighted by atomic mass is 10.0. The number of H-pyrrole nitrogens is 1. The van der Waals surface area contributed by atoms with Crippen LogP contribution in [0.1, 0.15) is 30.0 Å². The average Bonchev–Trinajstić information content (AvgIpc) is 2.95. The monoisotopic (exact) mass is 382 g/mol. The quantitative estimate of drug-likeness (QED) is 0.712. The average molecular weight is 383 g/mol. The molecule has 1 heterocycles. The number of aromatic amines is 1. The molecule has 0 aliphatic heterocycles. The lowest BCUT2D eigenvalue weighted by molar-refractivity contribution is 0.0371. The number of esters is 1. The minimum atomic E-state index is -0.551. The van der Waals surface area contributed by atoms with Gasteiger partial charge in [0, 0.05) is 23.4 Å². The first-order chi connectivity index (χ1) is 12.4. The number of aromatic nitrogens is 1. The van der Waals surface area contributed by atoms with Crippen molar-refractivity contribution >= 4 is 17.6 Å². The van der Waals surface area contributed by atoms with E-state index < -0.39 is 5.97 Å². The summed E-state index contributed by atoms with van der Waals surface area (Å²) in [6.45, 7) is 3.66. The third kappa shape index (κ3) is 3.59. The SMILES string of the molecule is COc1ccc(-c2c(CN)[nH]c(C(=O)OC(C)C)c2Cl)c(OC)c1OC. The molecular formula is C18H23ClN2O5. The molecule has 0 atom stereocenters. The number of ether oxygens (including phenoxy) is 4. The molecule has 0 saturated heterocycles. The Morgan fingerprint density at radius 1 is 1.15 bits per heavy atom. The van der Waals surface area contributed by atoms with E-state index in [-0.39, 0.29) is 23.4 Å². The molecule has 0 radical (unpaired) electrons. The lowest BCUT2D eigenvalue weighted by Gasteiger charge is -2.16. The van der Waals surface area contributed by atoms with Gasteiger partial charge in [-0.3, -0.25) is 0 Å². The third-order valence-corrected chi connectivity index (χ3v) is 4.12. The zero-order valence-electron chi connectivity index (χ0n) is 15.4. The maximum atomic E-state index is 12.3. The Balaban J connectivity index is 2.69. The number of carbonyl (C=O) groups is 1. The van der Waals surface area contributed by atoms with Crippen LogP contribution in [-0.4, -0.2) is 38.4 Å². The number of carbonyl (C=O) groups excluding carboxylic acids is 1. The summed E-state index contributed by atoms with van der Waals surface area (Å²) in [5.74, 6) is 0.796. The van der Waals surface area contributed by atoms with Crippen LogP contribution in [0.2, 0.25) is 5.02 Å². The predicted molar refractivity (Wildman–Crippen MR) is 99.3 cm³/mol. The highest BCUT2D eigenvalue weighted by atomic mass is 35.5. The summed E-state index contributed by atoms with van der Waals surface area (Å²) in [5, 5.41) is 0.210. The molecule has 142 valence electrons. The summed E-state index contributed by atoms with van der Waals surface area (Å²) >= 11 is 6.50. The van der Waals surface area contributed by atoms with E-state index in [0.717, 1.165) is 0 Å². The lowest BCUT2D eigenvalue weighted by Crippen LogP contribution is -2.12. The highest BCUT2D eigenvalue weighted by molar-refractivity contribution is 6.36. The van der Waals surface area contributed by atoms with Crippen molar-refractivity contribution in [1.82, 2.24) is 4.98 Å². The van der Waals surface area contributed by atoms with Crippen LogP contribution in [0.5, 0.6) is 17.2 Å². The fraction of sp³-hybridized carbons (Fsp3) is 0.389. The van der Waals surface area contributed by atoms with Crippen molar-refractivity contribution in [2.45, 2.75) is 26.5 Å². The Hall–Kier alpha value is -2.38. The number of methoxy groups -OCH3 is 3. The summed E-state index contributed by atoms with van der Waals surface area (Å²) in [6.07, 6.45) is -0.276. The van der Waals surface area contributed by atoms with Crippen LogP contribution in [-0.2, 0) is 11.3 Å². The second-order valence-electron chi connectivity index (χ2n) is 5.71. The Bertz CT molecular complexity index is 801. The summed E-state index contributed by atoms with van der Waals surface area (Å²) in [7, 11) is 4.56. The van der Waals surface area contributed by atoms with Crippen LogP contribution in [0.15, 0.2) is 12.1 Å². The maximum absolute atomic E-state index is 12.3. The molecule has 0 saturated carbocycles. The molecule has 0 spiro atoms. The van der Waals surface area contributed by atoms with Gasteiger partial charge in [0.05, 0.1) is 32.5 Å². The van der Waals surface area contributed by atoms with E-state index in [1.807, 2.05) is 0 Å². The fourth-order valence-electron chi connectivity index (χ4n) is 2.67. The van der Waals surface area contributed by atoms with Crippen LogP contribution in [0.25, 0.3) is 11.1 Å². The van der Waals surface area contributed by atoms with E-state index in [2.05, 4.69) is 4.98 Å². The summed E-state index contributed by atoms with van der Waals surface area (Å²) in [6, 6.07) is 3.50. The van der Waals surface area contributed by atoms with Gasteiger partial charge in [0.25, 0.3) is 0 Å². The van der Waals surface area contributed by atoms with Gasteiger partial charge in [-0.05, 0) is 26.0 Å². The zero-order valence-corrected chi connectivity index (χ0v) is 16.2. The molecule has 0 aliphatic rings. The molecule has 3 N–H and O–H groups in total. The topological polar surface area (TPSA) is 95.8 Å². The van der Waals surface area contributed by atoms with Crippen molar-refractivity contribution in [3.05, 3.63) is 28.5 Å². The van der Waals surface area contributed by atoms with Crippen molar-refractivity contribution in [2.24, 2.45) is 5.73 Å². The number of rotatable bonds is 7. The maximum Gasteiger partial charge on any atom is 0.356 e. The molecule has 0 aliphatic carbocycles. The molecule has 2 rings (SSSR count). The predicted octanol–water partition coefficient (Wildman–Crippen LogP) is 3.38. The Kier molecular flexibility index (Phi) is 6.39. The van der Waals surface area contributed by atoms with Crippen molar-refractivity contribution in [3.8, 4) is 28.4 Å². The molecule has 26 heavy (non-hydrogen) atoms. The van der Waals surface area contributed by atoms with Gasteiger partial charge in [-0.25, -0.2) is 4.79 Å². The van der Waals surface area contributed by atoms with Gasteiger partial charge < -0.3 is 29.7 Å². The number of benzene rings is 1. The minimum absolute atomic E-state index is 0.140. The molecule has 2 aromatic rings. The van der Waals surface area contributed by atoms with Crippen LogP contribution in [0.4, 0.5) is 0 Å². The van der Waals surface area contributed by atoms with Gasteiger partial charge in [-0.1, -0.05) is 11.6 Å². The molecule has 0 bridgehead atoms. The molecule has 7 nitrogen and oxygen atoms in total. The van der Waals surface area contributed by atoms with Gasteiger partial charge in [-0.2, -0.15) is 0 Å². The Labute approximate surface area is 157 Å². The van der Waals surface area contributed by atoms with Gasteiger partial charge in [0.1, 0.15) is 5.69 Å². The van der Waals surface area contributed by atoms with Crippen LogP contribution in [0.3, 0.4) is 0 Å². The van der Waals surface area contributed by atoms with E-state index in [0.29, 0.717) is 34.1 Å². The van der Waals surface area contributed by atoms with Gasteiger partial charge in [-0.15, -0.1) is 0 Å². The second-order valence-corrected chi connectivity index (χ2v) is 6.09. The van der Waals surface area contributed by atoms with E-state index >= 15 is 0 Å². The number of nitrogens with one attached hydrogen (secondary N) is 1. The van der Waals surface area contributed by atoms with Crippen molar-refractivity contribution in [1.29, 1.82) is 0 Å². The first-order valence-electron chi connectivity index (χ1n) is 8.00. The third-order valence-electron chi connectivity index (χ3n) is 3.74. The van der Waals surface area contributed by atoms with Gasteiger partial charge >= 0.3 is 5.97 Å². The minimum Gasteiger partial charge on any atom is -0.493 e. The van der Waals surface area contributed by atoms with E-state index in [4.69, 9.17) is 36.3 Å². The normalized spacial score (nSPS) is 10.8. The number of nitrogens with two attached hydrogens (primary N) is 1. The highest BCUT2D eigenvalue weighted by Crippen LogP contribution is 2.47. The standard InChI is InChI=1S/C18H23ClN2O5/c1-9(2)26-18(22)15-14(19)13(11(8-20)21-15)10-6-7-12(23-3)17(25-5)16(10)24-4/h6-7,9,21H,8,20H2,1-5H3. The molecule has 0 unspecified atom stereocenters. The van der Waals surface area contributed by atoms with Crippen LogP contribution >= 0.6 is 11.6 Å². The van der Waals surface area contributed by atoms with E-state index in [1.165, 1.54) is 21.3 Å². The van der Waals surface area contributed by atoms with Crippen molar-refractivity contribution in [2.75, 3.05) is 21.3 Å². The Morgan fingerprint density at radius 3 is 2.31 bits per heavy atom. The largest absolute Gasteiger partial charge is 0.493 e. The number of hydrogen-bond acceptors (Lipinski definition) is 6. The summed E-state index contributed by atoms with van der Waals surface area (Å²) in [5.41, 5.74) is 7.76. The van der Waals surface area contributed by atoms with Crippen LogP contribution < -0.4 is 19.9 Å². The molecule has 1 aromatic heterocycles. The number of hydrogen-bond donors (Lipinski definition) is 2. The molecule has 0 amide bonds. The molecule has 1 aromatic carbocycles. The van der Waals surface area contributed by atoms with Crippen LogP contribution in [0, 0.1) is 0 Å². The summed E-state index contributed by atoms with van der Waals surface area (Å²) < 4.78 is 21.5. The second kappa shape index (κ2) is 8.33. The van der Waals surface area contributed by atoms with Gasteiger partial charge in [0.15, 0.2) is 11.5 Å². The highest BCUT2D eigenvalue weighted by Gasteiger charge is 2.27. The van der Waals surface area contributed by atoms with Crippen molar-refractivity contribution in [3.63, 3.8) is 0 Å². The summed E-state index contributed by atoms with van der Waals surface area (Å²) in [4.78, 5) is 15.3. The molecule has 0 fully saturated rings.